The minimum atomic E-state index is -0.146. The van der Waals surface area contributed by atoms with Gasteiger partial charge in [0, 0.05) is 24.7 Å². The van der Waals surface area contributed by atoms with Crippen molar-refractivity contribution >= 4 is 6.03 Å². The Hall–Kier alpha value is -0.770. The Morgan fingerprint density at radius 3 is 2.40 bits per heavy atom. The van der Waals surface area contributed by atoms with Gasteiger partial charge in [0.05, 0.1) is 0 Å². The number of rotatable bonds is 1. The van der Waals surface area contributed by atoms with Gasteiger partial charge in [-0.05, 0) is 41.3 Å². The Bertz CT molecular complexity index is 232. The molecule has 0 bridgehead atoms. The molecule has 1 fully saturated rings. The summed E-state index contributed by atoms with van der Waals surface area (Å²) in [5.74, 6) is 0. The molecule has 0 aliphatic carbocycles. The van der Waals surface area contributed by atoms with E-state index in [1.807, 2.05) is 25.7 Å². The summed E-state index contributed by atoms with van der Waals surface area (Å²) in [5, 5.41) is 2.99. The summed E-state index contributed by atoms with van der Waals surface area (Å²) in [6.45, 7) is 7.72. The SMILES string of the molecule is CN(C)C1CCN(C(=O)NC(C)(C)C)C1. The van der Waals surface area contributed by atoms with Crippen molar-refractivity contribution in [3.63, 3.8) is 0 Å². The van der Waals surface area contributed by atoms with E-state index < -0.39 is 0 Å². The van der Waals surface area contributed by atoms with Gasteiger partial charge in [-0.3, -0.25) is 0 Å². The molecule has 15 heavy (non-hydrogen) atoms. The zero-order chi connectivity index (χ0) is 11.6. The lowest BCUT2D eigenvalue weighted by Gasteiger charge is -2.26. The Balaban J connectivity index is 2.44. The second-order valence-electron chi connectivity index (χ2n) is 5.53. The maximum Gasteiger partial charge on any atom is 0.317 e. The Labute approximate surface area is 92.6 Å². The van der Waals surface area contributed by atoms with Crippen molar-refractivity contribution < 1.29 is 4.79 Å². The van der Waals surface area contributed by atoms with Crippen molar-refractivity contribution in [1.29, 1.82) is 0 Å². The summed E-state index contributed by atoms with van der Waals surface area (Å²) in [6.07, 6.45) is 1.07. The van der Waals surface area contributed by atoms with E-state index >= 15 is 0 Å². The molecule has 1 rings (SSSR count). The first-order valence-electron chi connectivity index (χ1n) is 5.53. The molecule has 4 nitrogen and oxygen atoms in total. The minimum Gasteiger partial charge on any atom is -0.333 e. The first-order chi connectivity index (χ1) is 6.79. The van der Waals surface area contributed by atoms with E-state index in [1.54, 1.807) is 0 Å². The number of likely N-dealkylation sites (N-methyl/N-ethyl adjacent to an activating group) is 1. The van der Waals surface area contributed by atoms with Crippen molar-refractivity contribution in [3.05, 3.63) is 0 Å². The van der Waals surface area contributed by atoms with Gasteiger partial charge in [0.15, 0.2) is 0 Å². The lowest BCUT2D eigenvalue weighted by Crippen LogP contribution is -2.48. The van der Waals surface area contributed by atoms with E-state index in [0.717, 1.165) is 19.5 Å². The van der Waals surface area contributed by atoms with Crippen molar-refractivity contribution in [1.82, 2.24) is 15.1 Å². The van der Waals surface area contributed by atoms with Gasteiger partial charge < -0.3 is 15.1 Å². The quantitative estimate of drug-likeness (QED) is 0.709. The number of carbonyl (C=O) groups excluding carboxylic acids is 1. The molecular formula is C11H23N3O. The molecule has 1 unspecified atom stereocenters. The van der Waals surface area contributed by atoms with Crippen LogP contribution in [0.15, 0.2) is 0 Å². The number of nitrogens with zero attached hydrogens (tertiary/aromatic N) is 2. The van der Waals surface area contributed by atoms with Crippen LogP contribution in [0, 0.1) is 0 Å². The van der Waals surface area contributed by atoms with Crippen LogP contribution < -0.4 is 5.32 Å². The molecular weight excluding hydrogens is 190 g/mol. The molecule has 1 aliphatic rings. The number of likely N-dealkylation sites (tertiary alicyclic amines) is 1. The van der Waals surface area contributed by atoms with Crippen LogP contribution in [0.2, 0.25) is 0 Å². The van der Waals surface area contributed by atoms with Gasteiger partial charge >= 0.3 is 6.03 Å². The van der Waals surface area contributed by atoms with E-state index in [0.29, 0.717) is 6.04 Å². The first kappa shape index (κ1) is 12.3. The highest BCUT2D eigenvalue weighted by Crippen LogP contribution is 2.13. The molecule has 1 saturated heterocycles. The largest absolute Gasteiger partial charge is 0.333 e. The predicted octanol–water partition coefficient (Wildman–Crippen LogP) is 1.13. The summed E-state index contributed by atoms with van der Waals surface area (Å²) >= 11 is 0. The fraction of sp³-hybridized carbons (Fsp3) is 0.909. The zero-order valence-corrected chi connectivity index (χ0v) is 10.5. The van der Waals surface area contributed by atoms with Crippen LogP contribution in [0.25, 0.3) is 0 Å². The third kappa shape index (κ3) is 3.70. The highest BCUT2D eigenvalue weighted by atomic mass is 16.2. The van der Waals surface area contributed by atoms with Crippen LogP contribution in [0.3, 0.4) is 0 Å². The molecule has 1 aliphatic heterocycles. The normalized spacial score (nSPS) is 22.3. The molecule has 0 aromatic carbocycles. The Kier molecular flexibility index (Phi) is 3.60. The number of carbonyl (C=O) groups is 1. The summed E-state index contributed by atoms with van der Waals surface area (Å²) in [4.78, 5) is 15.9. The summed E-state index contributed by atoms with van der Waals surface area (Å²) < 4.78 is 0. The highest BCUT2D eigenvalue weighted by Gasteiger charge is 2.28. The van der Waals surface area contributed by atoms with Gasteiger partial charge in [0.2, 0.25) is 0 Å². The maximum absolute atomic E-state index is 11.8. The average Bonchev–Trinajstić information content (AvgIpc) is 2.47. The van der Waals surface area contributed by atoms with Crippen LogP contribution in [0.4, 0.5) is 4.79 Å². The van der Waals surface area contributed by atoms with Crippen molar-refractivity contribution in [2.24, 2.45) is 0 Å². The van der Waals surface area contributed by atoms with Crippen molar-refractivity contribution in [2.45, 2.75) is 38.8 Å². The smallest absolute Gasteiger partial charge is 0.317 e. The van der Waals surface area contributed by atoms with Crippen molar-refractivity contribution in [3.8, 4) is 0 Å². The number of nitrogens with one attached hydrogen (secondary N) is 1. The number of hydrogen-bond donors (Lipinski definition) is 1. The molecule has 0 spiro atoms. The molecule has 4 heteroatoms. The minimum absolute atomic E-state index is 0.0619. The van der Waals surface area contributed by atoms with E-state index in [4.69, 9.17) is 0 Å². The molecule has 88 valence electrons. The van der Waals surface area contributed by atoms with E-state index in [9.17, 15) is 4.79 Å². The van der Waals surface area contributed by atoms with Crippen LogP contribution in [-0.4, -0.2) is 54.6 Å². The molecule has 1 heterocycles. The van der Waals surface area contributed by atoms with Crippen LogP contribution in [-0.2, 0) is 0 Å². The third-order valence-electron chi connectivity index (χ3n) is 2.66. The van der Waals surface area contributed by atoms with Gasteiger partial charge in [-0.15, -0.1) is 0 Å². The van der Waals surface area contributed by atoms with Gasteiger partial charge in [0.1, 0.15) is 0 Å². The van der Waals surface area contributed by atoms with Crippen molar-refractivity contribution in [2.75, 3.05) is 27.2 Å². The van der Waals surface area contributed by atoms with Gasteiger partial charge in [-0.2, -0.15) is 0 Å². The topological polar surface area (TPSA) is 35.6 Å². The summed E-state index contributed by atoms with van der Waals surface area (Å²) in [5.41, 5.74) is -0.146. The number of hydrogen-bond acceptors (Lipinski definition) is 2. The van der Waals surface area contributed by atoms with Crippen LogP contribution in [0.5, 0.6) is 0 Å². The standard InChI is InChI=1S/C11H23N3O/c1-11(2,3)12-10(15)14-7-6-9(8-14)13(4)5/h9H,6-8H2,1-5H3,(H,12,15). The van der Waals surface area contributed by atoms with Crippen LogP contribution >= 0.6 is 0 Å². The fourth-order valence-electron chi connectivity index (χ4n) is 1.75. The second-order valence-corrected chi connectivity index (χ2v) is 5.53. The highest BCUT2D eigenvalue weighted by molar-refractivity contribution is 5.75. The maximum atomic E-state index is 11.8. The van der Waals surface area contributed by atoms with Crippen LogP contribution in [0.1, 0.15) is 27.2 Å². The molecule has 0 saturated carbocycles. The fourth-order valence-corrected chi connectivity index (χ4v) is 1.75. The second kappa shape index (κ2) is 4.39. The lowest BCUT2D eigenvalue weighted by atomic mass is 10.1. The van der Waals surface area contributed by atoms with E-state index in [2.05, 4.69) is 24.3 Å². The monoisotopic (exact) mass is 213 g/mol. The molecule has 1 N–H and O–H groups in total. The lowest BCUT2D eigenvalue weighted by molar-refractivity contribution is 0.194. The zero-order valence-electron chi connectivity index (χ0n) is 10.5. The average molecular weight is 213 g/mol. The Morgan fingerprint density at radius 1 is 1.40 bits per heavy atom. The third-order valence-corrected chi connectivity index (χ3v) is 2.66. The summed E-state index contributed by atoms with van der Waals surface area (Å²) in [7, 11) is 4.13. The van der Waals surface area contributed by atoms with Gasteiger partial charge in [0.25, 0.3) is 0 Å². The molecule has 2 amide bonds. The number of urea groups is 1. The summed E-state index contributed by atoms with van der Waals surface area (Å²) in [6, 6.07) is 0.572. The number of amides is 2. The molecule has 1 atom stereocenters. The first-order valence-corrected chi connectivity index (χ1v) is 5.53. The van der Waals surface area contributed by atoms with E-state index in [1.165, 1.54) is 0 Å². The van der Waals surface area contributed by atoms with E-state index in [-0.39, 0.29) is 11.6 Å². The molecule has 0 radical (unpaired) electrons. The van der Waals surface area contributed by atoms with Gasteiger partial charge in [-0.25, -0.2) is 4.79 Å². The molecule has 0 aromatic heterocycles. The predicted molar refractivity (Wildman–Crippen MR) is 61.9 cm³/mol. The Morgan fingerprint density at radius 2 is 2.00 bits per heavy atom. The van der Waals surface area contributed by atoms with Gasteiger partial charge in [-0.1, -0.05) is 0 Å². The molecule has 0 aromatic rings.